The standard InChI is InChI=1S/C12H11F3N4O2.ClH/c1-17-11(16)19-10(21)9-4-6-7(12(13,14)15)2-5(20)3-8(6)18-9;/h2-4,18,20H,1H3,(H3,16,17,19,21);1H. The number of nitrogens with zero attached hydrogens (tertiary/aromatic N) is 1. The molecule has 1 aromatic heterocycles. The van der Waals surface area contributed by atoms with Crippen LogP contribution in [-0.2, 0) is 6.18 Å². The summed E-state index contributed by atoms with van der Waals surface area (Å²) in [4.78, 5) is 17.8. The fourth-order valence-electron chi connectivity index (χ4n) is 1.82. The van der Waals surface area contributed by atoms with Crippen molar-refractivity contribution in [2.24, 2.45) is 10.7 Å². The number of rotatable bonds is 1. The van der Waals surface area contributed by atoms with Crippen molar-refractivity contribution in [1.82, 2.24) is 10.3 Å². The minimum atomic E-state index is -4.66. The Hall–Kier alpha value is -2.42. The van der Waals surface area contributed by atoms with E-state index in [9.17, 15) is 23.1 Å². The number of amides is 1. The van der Waals surface area contributed by atoms with E-state index in [-0.39, 0.29) is 35.0 Å². The number of carbonyl (C=O) groups excluding carboxylic acids is 1. The topological polar surface area (TPSA) is 104 Å². The molecule has 0 aliphatic heterocycles. The maximum atomic E-state index is 12.9. The monoisotopic (exact) mass is 336 g/mol. The summed E-state index contributed by atoms with van der Waals surface area (Å²) in [5.74, 6) is -1.46. The molecule has 0 atom stereocenters. The van der Waals surface area contributed by atoms with Crippen molar-refractivity contribution in [1.29, 1.82) is 0 Å². The molecule has 0 fully saturated rings. The number of aromatic hydroxyl groups is 1. The predicted octanol–water partition coefficient (Wildman–Crippen LogP) is 1.99. The number of nitrogens with one attached hydrogen (secondary N) is 2. The molecule has 0 radical (unpaired) electrons. The molecule has 0 saturated carbocycles. The normalized spacial score (nSPS) is 12.1. The zero-order valence-corrected chi connectivity index (χ0v) is 12.0. The van der Waals surface area contributed by atoms with Gasteiger partial charge in [0.2, 0.25) is 0 Å². The molecule has 0 bridgehead atoms. The third kappa shape index (κ3) is 3.42. The number of nitrogens with two attached hydrogens (primary N) is 1. The van der Waals surface area contributed by atoms with Crippen LogP contribution in [0.4, 0.5) is 13.2 Å². The summed E-state index contributed by atoms with van der Waals surface area (Å²) in [6.45, 7) is 0. The lowest BCUT2D eigenvalue weighted by atomic mass is 10.1. The zero-order valence-electron chi connectivity index (χ0n) is 11.2. The Bertz CT molecular complexity index is 740. The van der Waals surface area contributed by atoms with E-state index in [1.807, 2.05) is 0 Å². The van der Waals surface area contributed by atoms with Crippen molar-refractivity contribution in [2.45, 2.75) is 6.18 Å². The number of carbonyl (C=O) groups is 1. The summed E-state index contributed by atoms with van der Waals surface area (Å²) in [7, 11) is 1.35. The molecule has 0 saturated heterocycles. The number of phenolic OH excluding ortho intramolecular Hbond substituents is 1. The van der Waals surface area contributed by atoms with Crippen molar-refractivity contribution in [3.05, 3.63) is 29.5 Å². The van der Waals surface area contributed by atoms with Crippen LogP contribution in [0.2, 0.25) is 0 Å². The summed E-state index contributed by atoms with van der Waals surface area (Å²) in [6.07, 6.45) is -4.66. The highest BCUT2D eigenvalue weighted by atomic mass is 35.5. The Morgan fingerprint density at radius 3 is 2.55 bits per heavy atom. The Morgan fingerprint density at radius 2 is 2.00 bits per heavy atom. The van der Waals surface area contributed by atoms with Crippen LogP contribution in [0.15, 0.2) is 23.2 Å². The van der Waals surface area contributed by atoms with Crippen molar-refractivity contribution in [3.8, 4) is 5.75 Å². The molecule has 22 heavy (non-hydrogen) atoms. The lowest BCUT2D eigenvalue weighted by Gasteiger charge is -2.08. The first-order chi connectivity index (χ1) is 9.72. The molecule has 0 unspecified atom stereocenters. The van der Waals surface area contributed by atoms with Gasteiger partial charge in [-0.3, -0.25) is 15.1 Å². The third-order valence-electron chi connectivity index (χ3n) is 2.76. The van der Waals surface area contributed by atoms with Gasteiger partial charge in [0, 0.05) is 18.5 Å². The number of phenols is 1. The van der Waals surface area contributed by atoms with Gasteiger partial charge in [-0.15, -0.1) is 12.4 Å². The van der Waals surface area contributed by atoms with Gasteiger partial charge in [0.15, 0.2) is 5.96 Å². The van der Waals surface area contributed by atoms with E-state index in [1.54, 1.807) is 0 Å². The Morgan fingerprint density at radius 1 is 1.36 bits per heavy atom. The number of aromatic nitrogens is 1. The number of hydrogen-bond acceptors (Lipinski definition) is 3. The zero-order chi connectivity index (χ0) is 15.8. The third-order valence-corrected chi connectivity index (χ3v) is 2.76. The van der Waals surface area contributed by atoms with E-state index in [4.69, 9.17) is 5.73 Å². The maximum Gasteiger partial charge on any atom is 0.417 e. The van der Waals surface area contributed by atoms with Crippen LogP contribution in [-0.4, -0.2) is 29.0 Å². The second-order valence-corrected chi connectivity index (χ2v) is 4.20. The summed E-state index contributed by atoms with van der Waals surface area (Å²) < 4.78 is 38.7. The largest absolute Gasteiger partial charge is 0.508 e. The SMILES string of the molecule is CN=C(N)NC(=O)c1cc2c(C(F)(F)F)cc(O)cc2[nH]1.Cl. The van der Waals surface area contributed by atoms with Gasteiger partial charge in [-0.25, -0.2) is 0 Å². The molecule has 1 heterocycles. The van der Waals surface area contributed by atoms with Gasteiger partial charge < -0.3 is 15.8 Å². The summed E-state index contributed by atoms with van der Waals surface area (Å²) in [5, 5.41) is 11.3. The van der Waals surface area contributed by atoms with E-state index >= 15 is 0 Å². The number of benzene rings is 1. The Balaban J connectivity index is 0.00000242. The highest BCUT2D eigenvalue weighted by Crippen LogP contribution is 2.37. The first-order valence-electron chi connectivity index (χ1n) is 5.69. The predicted molar refractivity (Wildman–Crippen MR) is 77.2 cm³/mol. The van der Waals surface area contributed by atoms with Crippen LogP contribution < -0.4 is 11.1 Å². The van der Waals surface area contributed by atoms with Crippen LogP contribution in [0.25, 0.3) is 10.9 Å². The van der Waals surface area contributed by atoms with Gasteiger partial charge >= 0.3 is 6.18 Å². The number of aromatic amines is 1. The number of aliphatic imine (C=N–C) groups is 1. The first kappa shape index (κ1) is 17.6. The second-order valence-electron chi connectivity index (χ2n) is 4.20. The van der Waals surface area contributed by atoms with Gasteiger partial charge in [-0.05, 0) is 12.1 Å². The molecule has 5 N–H and O–H groups in total. The van der Waals surface area contributed by atoms with E-state index < -0.39 is 23.4 Å². The summed E-state index contributed by atoms with van der Waals surface area (Å²) in [6, 6.07) is 2.73. The van der Waals surface area contributed by atoms with Gasteiger partial charge in [-0.1, -0.05) is 0 Å². The smallest absolute Gasteiger partial charge is 0.417 e. The molecular weight excluding hydrogens is 325 g/mol. The highest BCUT2D eigenvalue weighted by molar-refractivity contribution is 6.06. The number of guanidine groups is 1. The molecule has 0 aliphatic carbocycles. The second kappa shape index (κ2) is 6.14. The lowest BCUT2D eigenvalue weighted by molar-refractivity contribution is -0.136. The number of alkyl halides is 3. The maximum absolute atomic E-state index is 12.9. The van der Waals surface area contributed by atoms with Crippen molar-refractivity contribution < 1.29 is 23.1 Å². The molecule has 1 amide bonds. The summed E-state index contributed by atoms with van der Waals surface area (Å²) >= 11 is 0. The van der Waals surface area contributed by atoms with E-state index in [0.717, 1.165) is 12.1 Å². The van der Waals surface area contributed by atoms with Crippen LogP contribution in [0.3, 0.4) is 0 Å². The van der Waals surface area contributed by atoms with E-state index in [0.29, 0.717) is 6.07 Å². The molecule has 6 nitrogen and oxygen atoms in total. The minimum absolute atomic E-state index is 0. The first-order valence-corrected chi connectivity index (χ1v) is 5.69. The number of H-pyrrole nitrogens is 1. The molecule has 2 aromatic rings. The average molecular weight is 337 g/mol. The summed E-state index contributed by atoms with van der Waals surface area (Å²) in [5.41, 5.74) is 4.13. The number of halogens is 4. The van der Waals surface area contributed by atoms with Crippen LogP contribution in [0, 0.1) is 0 Å². The van der Waals surface area contributed by atoms with E-state index in [1.165, 1.54) is 7.05 Å². The molecule has 1 aromatic carbocycles. The average Bonchev–Trinajstić information content (AvgIpc) is 2.79. The van der Waals surface area contributed by atoms with Gasteiger partial charge in [0.25, 0.3) is 5.91 Å². The Labute approximate surface area is 128 Å². The quantitative estimate of drug-likeness (QED) is 0.473. The van der Waals surface area contributed by atoms with Gasteiger partial charge in [0.05, 0.1) is 11.1 Å². The number of hydrogen-bond donors (Lipinski definition) is 4. The molecular formula is C12H12ClF3N4O2. The van der Waals surface area contributed by atoms with Gasteiger partial charge in [-0.2, -0.15) is 13.2 Å². The highest BCUT2D eigenvalue weighted by Gasteiger charge is 2.34. The van der Waals surface area contributed by atoms with Crippen LogP contribution in [0.1, 0.15) is 16.1 Å². The minimum Gasteiger partial charge on any atom is -0.508 e. The van der Waals surface area contributed by atoms with Gasteiger partial charge in [0.1, 0.15) is 11.4 Å². The van der Waals surface area contributed by atoms with Crippen LogP contribution >= 0.6 is 12.4 Å². The Kier molecular flexibility index (Phi) is 4.92. The van der Waals surface area contributed by atoms with Crippen molar-refractivity contribution in [2.75, 3.05) is 7.05 Å². The van der Waals surface area contributed by atoms with E-state index in [2.05, 4.69) is 15.3 Å². The molecule has 0 aliphatic rings. The molecule has 10 heteroatoms. The fraction of sp³-hybridized carbons (Fsp3) is 0.167. The lowest BCUT2D eigenvalue weighted by Crippen LogP contribution is -2.36. The van der Waals surface area contributed by atoms with Crippen molar-refractivity contribution >= 4 is 35.2 Å². The fourth-order valence-corrected chi connectivity index (χ4v) is 1.82. The molecule has 0 spiro atoms. The molecule has 2 rings (SSSR count). The molecule has 120 valence electrons. The number of fused-ring (bicyclic) bond motifs is 1. The van der Waals surface area contributed by atoms with Crippen molar-refractivity contribution in [3.63, 3.8) is 0 Å². The van der Waals surface area contributed by atoms with Crippen LogP contribution in [0.5, 0.6) is 5.75 Å².